The fourth-order valence-corrected chi connectivity index (χ4v) is 3.99. The number of halogens is 3. The van der Waals surface area contributed by atoms with Gasteiger partial charge in [-0.2, -0.15) is 18.4 Å². The van der Waals surface area contributed by atoms with Gasteiger partial charge in [0.05, 0.1) is 12.1 Å². The summed E-state index contributed by atoms with van der Waals surface area (Å²) in [4.78, 5) is 17.2. The summed E-state index contributed by atoms with van der Waals surface area (Å²) >= 11 is 0. The van der Waals surface area contributed by atoms with Gasteiger partial charge in [-0.05, 0) is 54.0 Å². The third kappa shape index (κ3) is 4.88. The van der Waals surface area contributed by atoms with Crippen molar-refractivity contribution in [1.82, 2.24) is 9.88 Å². The van der Waals surface area contributed by atoms with Gasteiger partial charge in [-0.3, -0.25) is 14.7 Å². The Morgan fingerprint density at radius 2 is 1.71 bits per heavy atom. The molecule has 0 bridgehead atoms. The van der Waals surface area contributed by atoms with E-state index in [1.165, 1.54) is 12.1 Å². The van der Waals surface area contributed by atoms with E-state index in [1.807, 2.05) is 19.9 Å². The Balaban J connectivity index is 2.08. The highest BCUT2D eigenvalue weighted by Crippen LogP contribution is 2.52. The molecule has 2 aromatic rings. The minimum absolute atomic E-state index is 0.0261. The summed E-state index contributed by atoms with van der Waals surface area (Å²) in [6.07, 6.45) is -0.802. The molecular weight excluding hydrogens is 405 g/mol. The van der Waals surface area contributed by atoms with Gasteiger partial charge in [0.15, 0.2) is 0 Å². The smallest absolute Gasteiger partial charge is 0.368 e. The van der Waals surface area contributed by atoms with Crippen LogP contribution >= 0.6 is 0 Å². The number of amides is 1. The normalized spacial score (nSPS) is 17.2. The van der Waals surface area contributed by atoms with Crippen LogP contribution in [0, 0.1) is 17.2 Å². The number of carbonyl (C=O) groups excluding carboxylic acids is 1. The standard InChI is InChI=1S/C23H25F3N4O/c1-15(2)13-19(21(28)31)30(22(14-27)9-10-22)20(23(24,25)26)18-5-3-16(4-6-18)17-7-11-29-12-8-17/h3-8,11-12,15,19-20H,9-10,13H2,1-2H3,(H2,28,31)/t19-,20-/m0/s1. The quantitative estimate of drug-likeness (QED) is 0.663. The second-order valence-corrected chi connectivity index (χ2v) is 8.40. The van der Waals surface area contributed by atoms with E-state index in [0.717, 1.165) is 16.0 Å². The summed E-state index contributed by atoms with van der Waals surface area (Å²) in [6.45, 7) is 3.62. The van der Waals surface area contributed by atoms with E-state index >= 15 is 0 Å². The highest BCUT2D eigenvalue weighted by molar-refractivity contribution is 5.80. The average molecular weight is 430 g/mol. The van der Waals surface area contributed by atoms with Gasteiger partial charge >= 0.3 is 6.18 Å². The monoisotopic (exact) mass is 430 g/mol. The van der Waals surface area contributed by atoms with Crippen LogP contribution in [0.1, 0.15) is 44.7 Å². The highest BCUT2D eigenvalue weighted by atomic mass is 19.4. The first-order valence-corrected chi connectivity index (χ1v) is 10.1. The number of aromatic nitrogens is 1. The number of benzene rings is 1. The first-order valence-electron chi connectivity index (χ1n) is 10.1. The second-order valence-electron chi connectivity index (χ2n) is 8.40. The Morgan fingerprint density at radius 3 is 2.13 bits per heavy atom. The van der Waals surface area contributed by atoms with Crippen molar-refractivity contribution >= 4 is 5.91 Å². The molecule has 0 unspecified atom stereocenters. The number of carbonyl (C=O) groups is 1. The number of alkyl halides is 3. The van der Waals surface area contributed by atoms with Gasteiger partial charge in [0.2, 0.25) is 5.91 Å². The van der Waals surface area contributed by atoms with Crippen LogP contribution in [0.25, 0.3) is 11.1 Å². The lowest BCUT2D eigenvalue weighted by atomic mass is 9.93. The number of nitrogens with zero attached hydrogens (tertiary/aromatic N) is 3. The minimum atomic E-state index is -4.70. The van der Waals surface area contributed by atoms with Crippen LogP contribution in [0.3, 0.4) is 0 Å². The number of primary amides is 1. The maximum absolute atomic E-state index is 14.4. The molecule has 1 fully saturated rings. The first-order chi connectivity index (χ1) is 14.6. The van der Waals surface area contributed by atoms with Gasteiger partial charge < -0.3 is 5.73 Å². The molecule has 1 amide bonds. The van der Waals surface area contributed by atoms with E-state index in [-0.39, 0.29) is 30.7 Å². The molecule has 3 rings (SSSR count). The third-order valence-corrected chi connectivity index (χ3v) is 5.61. The van der Waals surface area contributed by atoms with Crippen molar-refractivity contribution in [3.8, 4) is 17.2 Å². The predicted octanol–water partition coefficient (Wildman–Crippen LogP) is 4.61. The van der Waals surface area contributed by atoms with Gasteiger partial charge in [0.25, 0.3) is 0 Å². The van der Waals surface area contributed by atoms with Crippen molar-refractivity contribution in [2.45, 2.75) is 56.9 Å². The van der Waals surface area contributed by atoms with Crippen molar-refractivity contribution in [3.05, 3.63) is 54.4 Å². The molecule has 0 aliphatic heterocycles. The van der Waals surface area contributed by atoms with Crippen LogP contribution in [-0.4, -0.2) is 33.5 Å². The van der Waals surface area contributed by atoms with Crippen LogP contribution in [0.2, 0.25) is 0 Å². The Labute approximate surface area is 179 Å². The maximum Gasteiger partial charge on any atom is 0.408 e. The molecule has 164 valence electrons. The number of hydrogen-bond donors (Lipinski definition) is 1. The molecule has 0 radical (unpaired) electrons. The van der Waals surface area contributed by atoms with E-state index in [2.05, 4.69) is 4.98 Å². The van der Waals surface area contributed by atoms with Gasteiger partial charge in [-0.1, -0.05) is 38.1 Å². The molecule has 0 spiro atoms. The topological polar surface area (TPSA) is 83.0 Å². The third-order valence-electron chi connectivity index (χ3n) is 5.61. The Hall–Kier alpha value is -2.92. The molecule has 1 aliphatic rings. The summed E-state index contributed by atoms with van der Waals surface area (Å²) in [5.74, 6) is -0.921. The zero-order valence-corrected chi connectivity index (χ0v) is 17.4. The minimum Gasteiger partial charge on any atom is -0.368 e. The molecule has 2 N–H and O–H groups in total. The summed E-state index contributed by atoms with van der Waals surface area (Å²) < 4.78 is 43.3. The van der Waals surface area contributed by atoms with E-state index in [9.17, 15) is 23.2 Å². The summed E-state index contributed by atoms with van der Waals surface area (Å²) in [6, 6.07) is 8.27. The molecule has 1 saturated carbocycles. The Kier molecular flexibility index (Phi) is 6.37. The van der Waals surface area contributed by atoms with Crippen molar-refractivity contribution in [1.29, 1.82) is 5.26 Å². The number of nitrogens with two attached hydrogens (primary N) is 1. The van der Waals surface area contributed by atoms with Crippen molar-refractivity contribution in [3.63, 3.8) is 0 Å². The maximum atomic E-state index is 14.4. The van der Waals surface area contributed by atoms with Gasteiger partial charge in [-0.25, -0.2) is 0 Å². The van der Waals surface area contributed by atoms with Gasteiger partial charge in [0, 0.05) is 12.4 Å². The summed E-state index contributed by atoms with van der Waals surface area (Å²) in [5, 5.41) is 9.73. The van der Waals surface area contributed by atoms with E-state index in [0.29, 0.717) is 0 Å². The van der Waals surface area contributed by atoms with Crippen molar-refractivity contribution in [2.75, 3.05) is 0 Å². The first kappa shape index (κ1) is 22.8. The van der Waals surface area contributed by atoms with Gasteiger partial charge in [0.1, 0.15) is 11.6 Å². The van der Waals surface area contributed by atoms with Crippen LogP contribution < -0.4 is 5.73 Å². The summed E-state index contributed by atoms with van der Waals surface area (Å²) in [7, 11) is 0. The molecule has 1 heterocycles. The zero-order chi connectivity index (χ0) is 22.8. The Bertz CT molecular complexity index is 948. The van der Waals surface area contributed by atoms with Crippen LogP contribution in [-0.2, 0) is 4.79 Å². The summed E-state index contributed by atoms with van der Waals surface area (Å²) in [5.41, 5.74) is 5.76. The SMILES string of the molecule is CC(C)C[C@@H](C(N)=O)N([C@@H](c1ccc(-c2ccncc2)cc1)C(F)(F)F)C1(C#N)CC1. The van der Waals surface area contributed by atoms with Crippen molar-refractivity contribution in [2.24, 2.45) is 11.7 Å². The van der Waals surface area contributed by atoms with Crippen LogP contribution in [0.15, 0.2) is 48.8 Å². The van der Waals surface area contributed by atoms with Crippen LogP contribution in [0.4, 0.5) is 13.2 Å². The van der Waals surface area contributed by atoms with E-state index in [1.54, 1.807) is 36.7 Å². The molecule has 5 nitrogen and oxygen atoms in total. The lowest BCUT2D eigenvalue weighted by Crippen LogP contribution is -2.56. The predicted molar refractivity (Wildman–Crippen MR) is 110 cm³/mol. The molecule has 1 aliphatic carbocycles. The zero-order valence-electron chi connectivity index (χ0n) is 17.4. The van der Waals surface area contributed by atoms with Crippen LogP contribution in [0.5, 0.6) is 0 Å². The fraction of sp³-hybridized carbons (Fsp3) is 0.435. The van der Waals surface area contributed by atoms with E-state index in [4.69, 9.17) is 5.73 Å². The van der Waals surface area contributed by atoms with E-state index < -0.39 is 29.7 Å². The molecule has 2 atom stereocenters. The van der Waals surface area contributed by atoms with Crippen molar-refractivity contribution < 1.29 is 18.0 Å². The molecule has 1 aromatic heterocycles. The largest absolute Gasteiger partial charge is 0.408 e. The lowest BCUT2D eigenvalue weighted by Gasteiger charge is -2.41. The lowest BCUT2D eigenvalue weighted by molar-refractivity contribution is -0.200. The Morgan fingerprint density at radius 1 is 1.16 bits per heavy atom. The number of hydrogen-bond acceptors (Lipinski definition) is 4. The second kappa shape index (κ2) is 8.67. The number of nitriles is 1. The molecule has 1 aromatic carbocycles. The number of rotatable bonds is 8. The molecule has 0 saturated heterocycles. The molecule has 8 heteroatoms. The highest BCUT2D eigenvalue weighted by Gasteiger charge is 2.60. The molecule has 31 heavy (non-hydrogen) atoms. The average Bonchev–Trinajstić information content (AvgIpc) is 3.51. The fourth-order valence-electron chi connectivity index (χ4n) is 3.99. The number of pyridine rings is 1. The van der Waals surface area contributed by atoms with Gasteiger partial charge in [-0.15, -0.1) is 0 Å². The molecular formula is C23H25F3N4O.